The van der Waals surface area contributed by atoms with E-state index in [1.54, 1.807) is 10.6 Å². The van der Waals surface area contributed by atoms with Crippen LogP contribution in [0.2, 0.25) is 0 Å². The van der Waals surface area contributed by atoms with Crippen LogP contribution in [0.15, 0.2) is 24.5 Å². The Balaban J connectivity index is 1.22. The van der Waals surface area contributed by atoms with E-state index in [-0.39, 0.29) is 6.10 Å². The fraction of sp³-hybridized carbons (Fsp3) is 0.619. The third-order valence-corrected chi connectivity index (χ3v) is 8.31. The van der Waals surface area contributed by atoms with Crippen LogP contribution in [0.1, 0.15) is 12.8 Å². The second-order valence-electron chi connectivity index (χ2n) is 8.38. The predicted octanol–water partition coefficient (Wildman–Crippen LogP) is 0.955. The van der Waals surface area contributed by atoms with E-state index >= 15 is 0 Å². The van der Waals surface area contributed by atoms with Crippen LogP contribution in [0.25, 0.3) is 10.9 Å². The van der Waals surface area contributed by atoms with Crippen LogP contribution < -0.4 is 9.64 Å². The van der Waals surface area contributed by atoms with Crippen molar-refractivity contribution in [1.82, 2.24) is 19.2 Å². The molecular weight excluding hydrogens is 418 g/mol. The van der Waals surface area contributed by atoms with Crippen LogP contribution in [-0.4, -0.2) is 98.5 Å². The Morgan fingerprint density at radius 3 is 2.71 bits per heavy atom. The van der Waals surface area contributed by atoms with E-state index in [0.29, 0.717) is 31.3 Å². The normalized spacial score (nSPS) is 24.8. The molecule has 168 valence electrons. The number of ether oxygens (including phenoxy) is 2. The summed E-state index contributed by atoms with van der Waals surface area (Å²) in [7, 11) is -3.01. The number of nitrogens with zero attached hydrogens (tertiary/aromatic N) is 5. The number of hydrogen-bond acceptors (Lipinski definition) is 8. The second kappa shape index (κ2) is 8.85. The number of aromatic nitrogens is 2. The highest BCUT2D eigenvalue weighted by Gasteiger charge is 2.28. The first-order valence-electron chi connectivity index (χ1n) is 11.0. The van der Waals surface area contributed by atoms with Crippen molar-refractivity contribution in [1.29, 1.82) is 0 Å². The number of rotatable bonds is 6. The Labute approximate surface area is 183 Å². The third-order valence-electron chi connectivity index (χ3n) is 6.35. The van der Waals surface area contributed by atoms with Crippen molar-refractivity contribution in [3.05, 3.63) is 24.5 Å². The molecule has 2 aromatic rings. The summed E-state index contributed by atoms with van der Waals surface area (Å²) in [5.74, 6) is 0.916. The SMILES string of the molecule is O=S1(=O)CCCN1CCN1CCN(c2ccc3ncnc(OC4CCOC4)c3c2)CC1. The average molecular weight is 448 g/mol. The minimum Gasteiger partial charge on any atom is -0.471 e. The number of anilines is 1. The molecule has 9 nitrogen and oxygen atoms in total. The maximum Gasteiger partial charge on any atom is 0.224 e. The summed E-state index contributed by atoms with van der Waals surface area (Å²) >= 11 is 0. The molecule has 10 heteroatoms. The van der Waals surface area contributed by atoms with Gasteiger partial charge in [-0.1, -0.05) is 0 Å². The lowest BCUT2D eigenvalue weighted by Gasteiger charge is -2.36. The average Bonchev–Trinajstić information content (AvgIpc) is 3.41. The van der Waals surface area contributed by atoms with Gasteiger partial charge in [0.15, 0.2) is 0 Å². The zero-order valence-corrected chi connectivity index (χ0v) is 18.5. The van der Waals surface area contributed by atoms with E-state index in [0.717, 1.165) is 68.8 Å². The Morgan fingerprint density at radius 2 is 1.97 bits per heavy atom. The van der Waals surface area contributed by atoms with Crippen LogP contribution >= 0.6 is 0 Å². The summed E-state index contributed by atoms with van der Waals surface area (Å²) in [6.07, 6.45) is 3.23. The van der Waals surface area contributed by atoms with Crippen molar-refractivity contribution in [3.63, 3.8) is 0 Å². The smallest absolute Gasteiger partial charge is 0.224 e. The molecule has 3 fully saturated rings. The molecular formula is C21H29N5O4S. The van der Waals surface area contributed by atoms with Crippen molar-refractivity contribution in [3.8, 4) is 5.88 Å². The Hall–Kier alpha value is -2.01. The molecule has 3 aliphatic rings. The maximum atomic E-state index is 12.0. The zero-order chi connectivity index (χ0) is 21.3. The van der Waals surface area contributed by atoms with Gasteiger partial charge < -0.3 is 14.4 Å². The molecule has 4 heterocycles. The van der Waals surface area contributed by atoms with Gasteiger partial charge in [-0.2, -0.15) is 0 Å². The lowest BCUT2D eigenvalue weighted by molar-refractivity contribution is 0.139. The summed E-state index contributed by atoms with van der Waals surface area (Å²) in [4.78, 5) is 13.5. The van der Waals surface area contributed by atoms with Gasteiger partial charge in [0.2, 0.25) is 15.9 Å². The third kappa shape index (κ3) is 4.62. The molecule has 3 aliphatic heterocycles. The molecule has 0 saturated carbocycles. The maximum absolute atomic E-state index is 12.0. The Bertz CT molecular complexity index is 1020. The van der Waals surface area contributed by atoms with Gasteiger partial charge in [-0.05, 0) is 24.6 Å². The van der Waals surface area contributed by atoms with E-state index in [1.165, 1.54) is 0 Å². The van der Waals surface area contributed by atoms with Gasteiger partial charge in [0.25, 0.3) is 0 Å². The highest BCUT2D eigenvalue weighted by molar-refractivity contribution is 7.89. The van der Waals surface area contributed by atoms with E-state index < -0.39 is 10.0 Å². The van der Waals surface area contributed by atoms with Crippen LogP contribution in [0.5, 0.6) is 5.88 Å². The van der Waals surface area contributed by atoms with Crippen LogP contribution in [-0.2, 0) is 14.8 Å². The summed E-state index contributed by atoms with van der Waals surface area (Å²) < 4.78 is 37.1. The van der Waals surface area contributed by atoms with E-state index in [9.17, 15) is 8.42 Å². The van der Waals surface area contributed by atoms with Crippen molar-refractivity contribution in [2.24, 2.45) is 0 Å². The van der Waals surface area contributed by atoms with Crippen LogP contribution in [0, 0.1) is 0 Å². The Kier molecular flexibility index (Phi) is 5.96. The standard InChI is InChI=1S/C21H29N5O4S/c27-31(28)13-1-5-26(31)11-8-24-6-9-25(10-7-24)17-2-3-20-19(14-17)21(23-16-22-20)30-18-4-12-29-15-18/h2-3,14,16,18H,1,4-13,15H2. The fourth-order valence-electron chi connectivity index (χ4n) is 4.50. The number of piperazine rings is 1. The summed E-state index contributed by atoms with van der Waals surface area (Å²) in [5, 5.41) is 0.925. The van der Waals surface area contributed by atoms with E-state index in [2.05, 4.69) is 31.9 Å². The molecule has 5 rings (SSSR count). The molecule has 0 aliphatic carbocycles. The highest BCUT2D eigenvalue weighted by Crippen LogP contribution is 2.29. The number of sulfonamides is 1. The van der Waals surface area contributed by atoms with Gasteiger partial charge in [0.1, 0.15) is 12.4 Å². The minimum absolute atomic E-state index is 0.0460. The van der Waals surface area contributed by atoms with Gasteiger partial charge in [-0.25, -0.2) is 22.7 Å². The first-order chi connectivity index (χ1) is 15.1. The summed E-state index contributed by atoms with van der Waals surface area (Å²) in [6.45, 7) is 7.02. The first kappa shape index (κ1) is 20.9. The highest BCUT2D eigenvalue weighted by atomic mass is 32.2. The van der Waals surface area contributed by atoms with Crippen molar-refractivity contribution in [2.75, 3.05) is 69.7 Å². The molecule has 0 radical (unpaired) electrons. The molecule has 0 amide bonds. The number of benzene rings is 1. The largest absolute Gasteiger partial charge is 0.471 e. The zero-order valence-electron chi connectivity index (χ0n) is 17.6. The quantitative estimate of drug-likeness (QED) is 0.647. The molecule has 0 N–H and O–H groups in total. The van der Waals surface area contributed by atoms with Gasteiger partial charge >= 0.3 is 0 Å². The molecule has 1 aromatic heterocycles. The van der Waals surface area contributed by atoms with Crippen molar-refractivity contribution >= 4 is 26.6 Å². The van der Waals surface area contributed by atoms with E-state index in [1.807, 2.05) is 6.07 Å². The Morgan fingerprint density at radius 1 is 1.10 bits per heavy atom. The van der Waals surface area contributed by atoms with Crippen LogP contribution in [0.4, 0.5) is 5.69 Å². The predicted molar refractivity (Wildman–Crippen MR) is 118 cm³/mol. The van der Waals surface area contributed by atoms with E-state index in [4.69, 9.17) is 9.47 Å². The monoisotopic (exact) mass is 447 g/mol. The first-order valence-corrected chi connectivity index (χ1v) is 12.6. The summed E-state index contributed by atoms with van der Waals surface area (Å²) in [5.41, 5.74) is 2.01. The van der Waals surface area contributed by atoms with Crippen molar-refractivity contribution < 1.29 is 17.9 Å². The van der Waals surface area contributed by atoms with Gasteiger partial charge in [-0.3, -0.25) is 4.90 Å². The lowest BCUT2D eigenvalue weighted by Crippen LogP contribution is -2.48. The van der Waals surface area contributed by atoms with Gasteiger partial charge in [0, 0.05) is 57.9 Å². The van der Waals surface area contributed by atoms with Crippen molar-refractivity contribution in [2.45, 2.75) is 18.9 Å². The summed E-state index contributed by atoms with van der Waals surface area (Å²) in [6, 6.07) is 6.24. The molecule has 1 atom stereocenters. The molecule has 3 saturated heterocycles. The topological polar surface area (TPSA) is 88.1 Å². The minimum atomic E-state index is -3.01. The second-order valence-corrected chi connectivity index (χ2v) is 10.5. The molecule has 1 unspecified atom stereocenters. The molecule has 0 spiro atoms. The molecule has 0 bridgehead atoms. The number of fused-ring (bicyclic) bond motifs is 1. The fourth-order valence-corrected chi connectivity index (χ4v) is 6.02. The lowest BCUT2D eigenvalue weighted by atomic mass is 10.2. The van der Waals surface area contributed by atoms with Gasteiger partial charge in [-0.15, -0.1) is 0 Å². The van der Waals surface area contributed by atoms with Crippen LogP contribution in [0.3, 0.4) is 0 Å². The molecule has 1 aromatic carbocycles. The van der Waals surface area contributed by atoms with Gasteiger partial charge in [0.05, 0.1) is 29.9 Å². The molecule has 31 heavy (non-hydrogen) atoms. The number of hydrogen-bond donors (Lipinski definition) is 0.